The number of carbonyl (C=O) groups excluding carboxylic acids is 1. The van der Waals surface area contributed by atoms with Crippen LogP contribution in [-0.4, -0.2) is 12.9 Å². The smallest absolute Gasteiger partial charge is 0.387 e. The van der Waals surface area contributed by atoms with E-state index >= 15 is 0 Å². The molecule has 0 amide bonds. The number of aldehydes is 1. The normalized spacial score (nSPS) is 10.2. The van der Waals surface area contributed by atoms with E-state index in [1.165, 1.54) is 6.07 Å². The molecule has 0 unspecified atom stereocenters. The molecule has 1 aromatic carbocycles. The third-order valence-corrected chi connectivity index (χ3v) is 1.58. The van der Waals surface area contributed by atoms with Crippen LogP contribution in [-0.2, 0) is 0 Å². The lowest BCUT2D eigenvalue weighted by molar-refractivity contribution is -0.0505. The number of ether oxygens (including phenoxy) is 1. The fourth-order valence-electron chi connectivity index (χ4n) is 1.02. The van der Waals surface area contributed by atoms with Gasteiger partial charge in [-0.1, -0.05) is 12.1 Å². The van der Waals surface area contributed by atoms with Gasteiger partial charge in [-0.05, 0) is 18.6 Å². The van der Waals surface area contributed by atoms with Crippen molar-refractivity contribution in [3.8, 4) is 5.75 Å². The summed E-state index contributed by atoms with van der Waals surface area (Å²) < 4.78 is 28.0. The number of alkyl halides is 2. The highest BCUT2D eigenvalue weighted by Gasteiger charge is 2.10. The lowest BCUT2D eigenvalue weighted by Crippen LogP contribution is -2.05. The van der Waals surface area contributed by atoms with E-state index in [-0.39, 0.29) is 11.3 Å². The van der Waals surface area contributed by atoms with Crippen molar-refractivity contribution in [1.29, 1.82) is 0 Å². The van der Waals surface area contributed by atoms with Crippen LogP contribution < -0.4 is 4.74 Å². The van der Waals surface area contributed by atoms with Gasteiger partial charge in [-0.2, -0.15) is 8.78 Å². The zero-order valence-electron chi connectivity index (χ0n) is 6.96. The van der Waals surface area contributed by atoms with Crippen molar-refractivity contribution in [1.82, 2.24) is 0 Å². The molecule has 0 aliphatic heterocycles. The predicted molar refractivity (Wildman–Crippen MR) is 43.2 cm³/mol. The number of hydrogen-bond acceptors (Lipinski definition) is 2. The molecule has 0 fully saturated rings. The van der Waals surface area contributed by atoms with Crippen LogP contribution >= 0.6 is 0 Å². The quantitative estimate of drug-likeness (QED) is 0.677. The number of para-hydroxylation sites is 1. The van der Waals surface area contributed by atoms with Crippen LogP contribution in [0.25, 0.3) is 0 Å². The van der Waals surface area contributed by atoms with Gasteiger partial charge >= 0.3 is 6.61 Å². The molecular formula is C9H8F2O2. The summed E-state index contributed by atoms with van der Waals surface area (Å²) in [4.78, 5) is 10.4. The third-order valence-electron chi connectivity index (χ3n) is 1.58. The van der Waals surface area contributed by atoms with E-state index in [4.69, 9.17) is 0 Å². The minimum Gasteiger partial charge on any atom is -0.434 e. The monoisotopic (exact) mass is 186 g/mol. The van der Waals surface area contributed by atoms with E-state index in [9.17, 15) is 13.6 Å². The second kappa shape index (κ2) is 3.98. The molecule has 70 valence electrons. The van der Waals surface area contributed by atoms with Crippen molar-refractivity contribution in [3.63, 3.8) is 0 Å². The summed E-state index contributed by atoms with van der Waals surface area (Å²) in [6.07, 6.45) is 0.491. The van der Waals surface area contributed by atoms with Crippen LogP contribution in [0.1, 0.15) is 15.9 Å². The van der Waals surface area contributed by atoms with Crippen LogP contribution in [0.2, 0.25) is 0 Å². The molecule has 0 N–H and O–H groups in total. The fraction of sp³-hybridized carbons (Fsp3) is 0.222. The molecule has 0 aliphatic carbocycles. The van der Waals surface area contributed by atoms with Gasteiger partial charge in [-0.15, -0.1) is 0 Å². The van der Waals surface area contributed by atoms with E-state index in [1.54, 1.807) is 19.1 Å². The van der Waals surface area contributed by atoms with E-state index in [1.807, 2.05) is 0 Å². The Morgan fingerprint density at radius 3 is 2.69 bits per heavy atom. The largest absolute Gasteiger partial charge is 0.434 e. The van der Waals surface area contributed by atoms with Crippen LogP contribution in [0.4, 0.5) is 8.78 Å². The molecule has 0 bridgehead atoms. The molecule has 0 radical (unpaired) electrons. The summed E-state index contributed by atoms with van der Waals surface area (Å²) >= 11 is 0. The molecule has 0 saturated heterocycles. The summed E-state index contributed by atoms with van der Waals surface area (Å²) in [5, 5.41) is 0. The Hall–Kier alpha value is -1.45. The molecule has 0 atom stereocenters. The zero-order chi connectivity index (χ0) is 9.84. The van der Waals surface area contributed by atoms with Gasteiger partial charge in [-0.25, -0.2) is 0 Å². The lowest BCUT2D eigenvalue weighted by atomic mass is 10.1. The van der Waals surface area contributed by atoms with Gasteiger partial charge in [0.15, 0.2) is 6.29 Å². The lowest BCUT2D eigenvalue weighted by Gasteiger charge is -2.09. The second-order valence-corrected chi connectivity index (χ2v) is 2.49. The highest BCUT2D eigenvalue weighted by atomic mass is 19.3. The highest BCUT2D eigenvalue weighted by molar-refractivity contribution is 5.80. The number of aryl methyl sites for hydroxylation is 1. The molecule has 0 heterocycles. The Kier molecular flexibility index (Phi) is 2.95. The van der Waals surface area contributed by atoms with E-state index in [0.717, 1.165) is 0 Å². The van der Waals surface area contributed by atoms with E-state index < -0.39 is 6.61 Å². The van der Waals surface area contributed by atoms with Crippen molar-refractivity contribution < 1.29 is 18.3 Å². The topological polar surface area (TPSA) is 26.3 Å². The van der Waals surface area contributed by atoms with Gasteiger partial charge in [0, 0.05) is 0 Å². The fourth-order valence-corrected chi connectivity index (χ4v) is 1.02. The molecule has 0 saturated carbocycles. The van der Waals surface area contributed by atoms with E-state index in [0.29, 0.717) is 11.8 Å². The Morgan fingerprint density at radius 1 is 1.46 bits per heavy atom. The molecule has 0 aromatic heterocycles. The van der Waals surface area contributed by atoms with Crippen LogP contribution in [0, 0.1) is 6.92 Å². The van der Waals surface area contributed by atoms with Crippen molar-refractivity contribution in [2.75, 3.05) is 0 Å². The average Bonchev–Trinajstić information content (AvgIpc) is 2.08. The summed E-state index contributed by atoms with van der Waals surface area (Å²) in [7, 11) is 0. The number of carbonyl (C=O) groups is 1. The Morgan fingerprint density at radius 2 is 2.15 bits per heavy atom. The Bertz CT molecular complexity index is 310. The minimum atomic E-state index is -2.90. The SMILES string of the molecule is Cc1cccc(C=O)c1OC(F)F. The Labute approximate surface area is 74.1 Å². The van der Waals surface area contributed by atoms with Crippen LogP contribution in [0.15, 0.2) is 18.2 Å². The van der Waals surface area contributed by atoms with Gasteiger partial charge in [0.1, 0.15) is 5.75 Å². The number of hydrogen-bond donors (Lipinski definition) is 0. The molecular weight excluding hydrogens is 178 g/mol. The molecule has 4 heteroatoms. The van der Waals surface area contributed by atoms with Gasteiger partial charge in [0.05, 0.1) is 5.56 Å². The zero-order valence-corrected chi connectivity index (χ0v) is 6.96. The van der Waals surface area contributed by atoms with Gasteiger partial charge in [-0.3, -0.25) is 4.79 Å². The van der Waals surface area contributed by atoms with Gasteiger partial charge in [0.25, 0.3) is 0 Å². The van der Waals surface area contributed by atoms with Crippen molar-refractivity contribution >= 4 is 6.29 Å². The Balaban J connectivity index is 3.07. The first kappa shape index (κ1) is 9.64. The maximum Gasteiger partial charge on any atom is 0.387 e. The molecule has 13 heavy (non-hydrogen) atoms. The van der Waals surface area contributed by atoms with Gasteiger partial charge in [0.2, 0.25) is 0 Å². The van der Waals surface area contributed by atoms with E-state index in [2.05, 4.69) is 4.74 Å². The molecule has 1 aromatic rings. The second-order valence-electron chi connectivity index (χ2n) is 2.49. The first-order valence-corrected chi connectivity index (χ1v) is 3.64. The molecule has 2 nitrogen and oxygen atoms in total. The maximum atomic E-state index is 11.9. The first-order valence-electron chi connectivity index (χ1n) is 3.64. The average molecular weight is 186 g/mol. The third kappa shape index (κ3) is 2.24. The number of halogens is 2. The van der Waals surface area contributed by atoms with Crippen LogP contribution in [0.3, 0.4) is 0 Å². The molecule has 0 spiro atoms. The van der Waals surface area contributed by atoms with Crippen molar-refractivity contribution in [2.24, 2.45) is 0 Å². The van der Waals surface area contributed by atoms with Crippen molar-refractivity contribution in [3.05, 3.63) is 29.3 Å². The standard InChI is InChI=1S/C9H8F2O2/c1-6-3-2-4-7(5-12)8(6)13-9(10)11/h2-5,9H,1H3. The van der Waals surface area contributed by atoms with Crippen LogP contribution in [0.5, 0.6) is 5.75 Å². The minimum absolute atomic E-state index is 0.0486. The highest BCUT2D eigenvalue weighted by Crippen LogP contribution is 2.23. The molecule has 1 rings (SSSR count). The summed E-state index contributed by atoms with van der Waals surface area (Å²) in [6, 6.07) is 4.64. The van der Waals surface area contributed by atoms with Gasteiger partial charge < -0.3 is 4.74 Å². The summed E-state index contributed by atoms with van der Waals surface area (Å²) in [5.74, 6) is -0.0486. The first-order chi connectivity index (χ1) is 6.15. The van der Waals surface area contributed by atoms with Crippen molar-refractivity contribution in [2.45, 2.75) is 13.5 Å². The maximum absolute atomic E-state index is 11.9. The summed E-state index contributed by atoms with van der Waals surface area (Å²) in [5.41, 5.74) is 0.658. The number of benzene rings is 1. The number of rotatable bonds is 3. The molecule has 0 aliphatic rings. The summed E-state index contributed by atoms with van der Waals surface area (Å²) in [6.45, 7) is -1.30. The predicted octanol–water partition coefficient (Wildman–Crippen LogP) is 2.41.